The highest BCUT2D eigenvalue weighted by Crippen LogP contribution is 2.34. The number of aryl methyl sites for hydroxylation is 1. The van der Waals surface area contributed by atoms with E-state index < -0.39 is 0 Å². The van der Waals surface area contributed by atoms with Crippen LogP contribution in [0, 0.1) is 12.7 Å². The average Bonchev–Trinajstić information content (AvgIpc) is 2.48. The maximum atomic E-state index is 13.3. The average molecular weight is 479 g/mol. The van der Waals surface area contributed by atoms with Gasteiger partial charge in [0.15, 0.2) is 0 Å². The van der Waals surface area contributed by atoms with Gasteiger partial charge in [-0.15, -0.1) is 0 Å². The van der Waals surface area contributed by atoms with Crippen LogP contribution in [-0.4, -0.2) is 10.7 Å². The van der Waals surface area contributed by atoms with Gasteiger partial charge in [-0.25, -0.2) is 4.39 Å². The standard InChI is InChI=1S/C17H16Br3F/c1-12-8-16(21)7-2-13(12)9-17(10-18,11-19)14-3-5-15(20)6-4-14/h2-8H,9-11H2,1H3. The summed E-state index contributed by atoms with van der Waals surface area (Å²) in [5.74, 6) is -0.178. The van der Waals surface area contributed by atoms with Crippen molar-refractivity contribution in [2.24, 2.45) is 0 Å². The highest BCUT2D eigenvalue weighted by molar-refractivity contribution is 9.10. The van der Waals surface area contributed by atoms with E-state index >= 15 is 0 Å². The second-order valence-electron chi connectivity index (χ2n) is 5.30. The van der Waals surface area contributed by atoms with Gasteiger partial charge >= 0.3 is 0 Å². The molecule has 21 heavy (non-hydrogen) atoms. The molecule has 0 amide bonds. The van der Waals surface area contributed by atoms with Gasteiger partial charge in [0.2, 0.25) is 0 Å². The molecule has 2 aromatic carbocycles. The molecule has 0 aromatic heterocycles. The van der Waals surface area contributed by atoms with Crippen molar-refractivity contribution in [3.63, 3.8) is 0 Å². The van der Waals surface area contributed by atoms with Crippen LogP contribution in [0.15, 0.2) is 46.9 Å². The SMILES string of the molecule is Cc1cc(F)ccc1CC(CBr)(CBr)c1ccc(Br)cc1. The lowest BCUT2D eigenvalue weighted by atomic mass is 9.78. The summed E-state index contributed by atoms with van der Waals surface area (Å²) in [4.78, 5) is 0. The third kappa shape index (κ3) is 3.96. The number of hydrogen-bond acceptors (Lipinski definition) is 0. The first kappa shape index (κ1) is 17.2. The number of alkyl halides is 2. The van der Waals surface area contributed by atoms with Crippen LogP contribution in [0.2, 0.25) is 0 Å². The molecule has 0 aliphatic rings. The molecule has 4 heteroatoms. The fourth-order valence-electron chi connectivity index (χ4n) is 2.41. The normalized spacial score (nSPS) is 11.7. The van der Waals surface area contributed by atoms with Gasteiger partial charge < -0.3 is 0 Å². The maximum absolute atomic E-state index is 13.3. The van der Waals surface area contributed by atoms with Gasteiger partial charge in [0.05, 0.1) is 0 Å². The molecule has 0 nitrogen and oxygen atoms in total. The first-order valence-electron chi connectivity index (χ1n) is 6.64. The van der Waals surface area contributed by atoms with Crippen molar-refractivity contribution >= 4 is 47.8 Å². The molecule has 0 bridgehead atoms. The second-order valence-corrected chi connectivity index (χ2v) is 7.34. The Labute approximate surface area is 150 Å². The topological polar surface area (TPSA) is 0 Å². The summed E-state index contributed by atoms with van der Waals surface area (Å²) in [6.45, 7) is 1.97. The Morgan fingerprint density at radius 1 is 1.00 bits per heavy atom. The van der Waals surface area contributed by atoms with Gasteiger partial charge in [0.1, 0.15) is 5.82 Å². The molecule has 2 aromatic rings. The molecule has 0 spiro atoms. The fourth-order valence-corrected chi connectivity index (χ4v) is 4.65. The maximum Gasteiger partial charge on any atom is 0.123 e. The molecular weight excluding hydrogens is 463 g/mol. The Balaban J connectivity index is 2.40. The molecule has 0 radical (unpaired) electrons. The highest BCUT2D eigenvalue weighted by Gasteiger charge is 2.31. The third-order valence-corrected chi connectivity index (χ3v) is 6.48. The zero-order valence-electron chi connectivity index (χ0n) is 11.7. The zero-order chi connectivity index (χ0) is 15.5. The van der Waals surface area contributed by atoms with E-state index in [-0.39, 0.29) is 11.2 Å². The predicted molar refractivity (Wildman–Crippen MR) is 98.2 cm³/mol. The van der Waals surface area contributed by atoms with Crippen molar-refractivity contribution in [1.82, 2.24) is 0 Å². The van der Waals surface area contributed by atoms with Gasteiger partial charge in [0, 0.05) is 20.5 Å². The van der Waals surface area contributed by atoms with Crippen molar-refractivity contribution in [3.05, 3.63) is 69.4 Å². The summed E-state index contributed by atoms with van der Waals surface area (Å²) in [5.41, 5.74) is 3.39. The molecule has 0 fully saturated rings. The minimum absolute atomic E-state index is 0.0523. The summed E-state index contributed by atoms with van der Waals surface area (Å²) in [6.07, 6.45) is 0.858. The Kier molecular flexibility index (Phi) is 6.04. The van der Waals surface area contributed by atoms with E-state index in [1.807, 2.05) is 13.0 Å². The lowest BCUT2D eigenvalue weighted by Gasteiger charge is -2.31. The summed E-state index contributed by atoms with van der Waals surface area (Å²) >= 11 is 10.8. The molecule has 2 rings (SSSR count). The van der Waals surface area contributed by atoms with Gasteiger partial charge in [-0.3, -0.25) is 0 Å². The van der Waals surface area contributed by atoms with Crippen LogP contribution < -0.4 is 0 Å². The first-order valence-corrected chi connectivity index (χ1v) is 9.67. The van der Waals surface area contributed by atoms with E-state index in [0.29, 0.717) is 0 Å². The Morgan fingerprint density at radius 3 is 2.14 bits per heavy atom. The predicted octanol–water partition coefficient (Wildman–Crippen LogP) is 6.17. The summed E-state index contributed by atoms with van der Waals surface area (Å²) in [6, 6.07) is 13.4. The molecule has 0 aliphatic heterocycles. The van der Waals surface area contributed by atoms with E-state index in [0.717, 1.165) is 27.1 Å². The molecule has 0 unspecified atom stereocenters. The summed E-state index contributed by atoms with van der Waals surface area (Å²) < 4.78 is 14.4. The molecule has 112 valence electrons. The van der Waals surface area contributed by atoms with Gasteiger partial charge in [-0.2, -0.15) is 0 Å². The van der Waals surface area contributed by atoms with E-state index in [2.05, 4.69) is 72.1 Å². The van der Waals surface area contributed by atoms with Crippen LogP contribution in [0.5, 0.6) is 0 Å². The number of benzene rings is 2. The van der Waals surface area contributed by atoms with Crippen molar-refractivity contribution in [2.45, 2.75) is 18.8 Å². The smallest absolute Gasteiger partial charge is 0.123 e. The summed E-state index contributed by atoms with van der Waals surface area (Å²) in [5, 5.41) is 1.67. The Bertz CT molecular complexity index is 604. The number of rotatable bonds is 5. The van der Waals surface area contributed by atoms with E-state index in [1.165, 1.54) is 17.2 Å². The van der Waals surface area contributed by atoms with E-state index in [4.69, 9.17) is 0 Å². The quantitative estimate of drug-likeness (QED) is 0.451. The third-order valence-electron chi connectivity index (χ3n) is 3.80. The van der Waals surface area contributed by atoms with Crippen LogP contribution in [0.25, 0.3) is 0 Å². The van der Waals surface area contributed by atoms with Crippen LogP contribution in [0.4, 0.5) is 4.39 Å². The number of hydrogen-bond donors (Lipinski definition) is 0. The first-order chi connectivity index (χ1) is 10.0. The molecule has 0 atom stereocenters. The zero-order valence-corrected chi connectivity index (χ0v) is 16.4. The molecule has 0 saturated carbocycles. The van der Waals surface area contributed by atoms with Crippen LogP contribution in [0.3, 0.4) is 0 Å². The van der Waals surface area contributed by atoms with Crippen molar-refractivity contribution < 1.29 is 4.39 Å². The van der Waals surface area contributed by atoms with Crippen LogP contribution >= 0.6 is 47.8 Å². The second kappa shape index (κ2) is 7.38. The van der Waals surface area contributed by atoms with Crippen molar-refractivity contribution in [1.29, 1.82) is 0 Å². The molecule has 0 N–H and O–H groups in total. The lowest BCUT2D eigenvalue weighted by Crippen LogP contribution is -2.33. The van der Waals surface area contributed by atoms with E-state index in [1.54, 1.807) is 6.07 Å². The monoisotopic (exact) mass is 476 g/mol. The molecular formula is C17H16Br3F. The van der Waals surface area contributed by atoms with Crippen molar-refractivity contribution in [2.75, 3.05) is 10.7 Å². The fraction of sp³-hybridized carbons (Fsp3) is 0.294. The van der Waals surface area contributed by atoms with Gasteiger partial charge in [0.25, 0.3) is 0 Å². The molecule has 0 heterocycles. The van der Waals surface area contributed by atoms with Crippen LogP contribution in [-0.2, 0) is 11.8 Å². The lowest BCUT2D eigenvalue weighted by molar-refractivity contribution is 0.547. The van der Waals surface area contributed by atoms with Gasteiger partial charge in [-0.1, -0.05) is 66.0 Å². The molecule has 0 aliphatic carbocycles. The Hall–Kier alpha value is -0.190. The highest BCUT2D eigenvalue weighted by atomic mass is 79.9. The van der Waals surface area contributed by atoms with E-state index in [9.17, 15) is 4.39 Å². The van der Waals surface area contributed by atoms with Gasteiger partial charge in [-0.05, 0) is 54.3 Å². The molecule has 0 saturated heterocycles. The van der Waals surface area contributed by atoms with Crippen LogP contribution in [0.1, 0.15) is 16.7 Å². The number of halogens is 4. The minimum Gasteiger partial charge on any atom is -0.207 e. The largest absolute Gasteiger partial charge is 0.207 e. The van der Waals surface area contributed by atoms with Crippen molar-refractivity contribution in [3.8, 4) is 0 Å². The summed E-state index contributed by atoms with van der Waals surface area (Å²) in [7, 11) is 0. The Morgan fingerprint density at radius 2 is 1.62 bits per heavy atom. The minimum atomic E-state index is -0.178.